The minimum absolute atomic E-state index is 0.163. The van der Waals surface area contributed by atoms with Gasteiger partial charge in [-0.2, -0.15) is 5.10 Å². The van der Waals surface area contributed by atoms with Crippen LogP contribution >= 0.6 is 11.6 Å². The van der Waals surface area contributed by atoms with Crippen molar-refractivity contribution in [3.63, 3.8) is 0 Å². The molecule has 0 spiro atoms. The molecule has 0 aliphatic carbocycles. The van der Waals surface area contributed by atoms with Gasteiger partial charge in [0.2, 0.25) is 0 Å². The second-order valence-corrected chi connectivity index (χ2v) is 5.45. The molecule has 0 aromatic carbocycles. The molecule has 0 saturated carbocycles. The molecular formula is C14H24ClN3O. The van der Waals surface area contributed by atoms with Crippen molar-refractivity contribution >= 4 is 11.6 Å². The molecule has 2 heterocycles. The zero-order valence-electron chi connectivity index (χ0n) is 11.9. The van der Waals surface area contributed by atoms with Gasteiger partial charge in [0, 0.05) is 31.7 Å². The molecule has 0 bridgehead atoms. The van der Waals surface area contributed by atoms with Crippen LogP contribution in [0.1, 0.15) is 38.4 Å². The van der Waals surface area contributed by atoms with E-state index in [0.717, 1.165) is 44.8 Å². The number of ether oxygens (including phenoxy) is 1. The van der Waals surface area contributed by atoms with E-state index in [0.29, 0.717) is 11.9 Å². The Morgan fingerprint density at radius 3 is 2.95 bits per heavy atom. The molecule has 4 nitrogen and oxygen atoms in total. The quantitative estimate of drug-likeness (QED) is 0.753. The van der Waals surface area contributed by atoms with E-state index in [9.17, 15) is 0 Å². The van der Waals surface area contributed by atoms with Crippen LogP contribution in [0.15, 0.2) is 12.3 Å². The van der Waals surface area contributed by atoms with Crippen molar-refractivity contribution < 1.29 is 4.74 Å². The number of nitrogens with zero attached hydrogens (tertiary/aromatic N) is 3. The topological polar surface area (TPSA) is 30.3 Å². The summed E-state index contributed by atoms with van der Waals surface area (Å²) < 4.78 is 7.68. The van der Waals surface area contributed by atoms with Gasteiger partial charge in [-0.15, -0.1) is 11.6 Å². The lowest BCUT2D eigenvalue weighted by molar-refractivity contribution is -0.0198. The average molecular weight is 286 g/mol. The molecule has 19 heavy (non-hydrogen) atoms. The molecule has 1 fully saturated rings. The van der Waals surface area contributed by atoms with Crippen LogP contribution in [0, 0.1) is 0 Å². The van der Waals surface area contributed by atoms with Gasteiger partial charge in [0.15, 0.2) is 0 Å². The first-order valence-electron chi connectivity index (χ1n) is 7.20. The normalized spacial score (nSPS) is 21.2. The first-order chi connectivity index (χ1) is 9.26. The Hall–Kier alpha value is -0.580. The fourth-order valence-electron chi connectivity index (χ4n) is 2.57. The Bertz CT molecular complexity index is 379. The van der Waals surface area contributed by atoms with Gasteiger partial charge in [0.05, 0.1) is 24.4 Å². The Kier molecular flexibility index (Phi) is 5.67. The smallest absolute Gasteiger partial charge is 0.0837 e. The van der Waals surface area contributed by atoms with Crippen molar-refractivity contribution in [2.45, 2.75) is 45.4 Å². The molecule has 1 unspecified atom stereocenters. The first kappa shape index (κ1) is 14.8. The lowest BCUT2D eigenvalue weighted by atomic mass is 10.2. The van der Waals surface area contributed by atoms with Crippen molar-refractivity contribution in [1.82, 2.24) is 14.7 Å². The van der Waals surface area contributed by atoms with Crippen molar-refractivity contribution in [2.24, 2.45) is 0 Å². The minimum Gasteiger partial charge on any atom is -0.374 e. The largest absolute Gasteiger partial charge is 0.374 e. The van der Waals surface area contributed by atoms with Gasteiger partial charge in [-0.25, -0.2) is 0 Å². The summed E-state index contributed by atoms with van der Waals surface area (Å²) in [6.07, 6.45) is 4.52. The van der Waals surface area contributed by atoms with Crippen LogP contribution < -0.4 is 0 Å². The number of hydrogen-bond acceptors (Lipinski definition) is 3. The maximum absolute atomic E-state index is 5.86. The van der Waals surface area contributed by atoms with E-state index in [2.05, 4.69) is 35.7 Å². The van der Waals surface area contributed by atoms with Crippen molar-refractivity contribution in [3.8, 4) is 0 Å². The molecule has 2 rings (SSSR count). The summed E-state index contributed by atoms with van der Waals surface area (Å²) in [7, 11) is 0. The molecule has 5 heteroatoms. The monoisotopic (exact) mass is 285 g/mol. The van der Waals surface area contributed by atoms with E-state index in [-0.39, 0.29) is 6.10 Å². The fourth-order valence-corrected chi connectivity index (χ4v) is 2.76. The van der Waals surface area contributed by atoms with Crippen LogP contribution in [-0.2, 0) is 11.3 Å². The second kappa shape index (κ2) is 7.27. The third-order valence-electron chi connectivity index (χ3n) is 3.76. The molecule has 0 radical (unpaired) electrons. The third kappa shape index (κ3) is 3.94. The summed E-state index contributed by atoms with van der Waals surface area (Å²) in [5.41, 5.74) is 1.14. The van der Waals surface area contributed by atoms with Crippen LogP contribution in [0.5, 0.6) is 0 Å². The second-order valence-electron chi connectivity index (χ2n) is 5.14. The van der Waals surface area contributed by atoms with Gasteiger partial charge < -0.3 is 4.74 Å². The van der Waals surface area contributed by atoms with E-state index in [4.69, 9.17) is 21.4 Å². The highest BCUT2D eigenvalue weighted by molar-refractivity contribution is 6.18. The lowest BCUT2D eigenvalue weighted by Gasteiger charge is -2.31. The number of aromatic nitrogens is 2. The van der Waals surface area contributed by atoms with Crippen LogP contribution in [0.3, 0.4) is 0 Å². The molecule has 1 aliphatic heterocycles. The molecule has 108 valence electrons. The molecule has 1 aromatic heterocycles. The van der Waals surface area contributed by atoms with Crippen LogP contribution in [0.2, 0.25) is 0 Å². The van der Waals surface area contributed by atoms with Crippen molar-refractivity contribution in [3.05, 3.63) is 18.0 Å². The van der Waals surface area contributed by atoms with Crippen LogP contribution in [0.25, 0.3) is 0 Å². The van der Waals surface area contributed by atoms with E-state index >= 15 is 0 Å². The van der Waals surface area contributed by atoms with Crippen LogP contribution in [0.4, 0.5) is 0 Å². The molecule has 0 amide bonds. The highest BCUT2D eigenvalue weighted by Crippen LogP contribution is 2.16. The van der Waals surface area contributed by atoms with Crippen LogP contribution in [-0.4, -0.2) is 46.4 Å². The first-order valence-corrected chi connectivity index (χ1v) is 7.74. The van der Waals surface area contributed by atoms with Gasteiger partial charge in [0.1, 0.15) is 0 Å². The predicted octanol–water partition coefficient (Wildman–Crippen LogP) is 2.68. The van der Waals surface area contributed by atoms with Gasteiger partial charge >= 0.3 is 0 Å². The zero-order valence-corrected chi connectivity index (χ0v) is 12.6. The standard InChI is InChI=1S/C14H24ClN3O/c1-3-13(4-2)18-6-5-12(16-18)10-17-7-8-19-14(9-15)11-17/h5-6,13-14H,3-4,7-11H2,1-2H3. The Balaban J connectivity index is 1.92. The van der Waals surface area contributed by atoms with Gasteiger partial charge in [0.25, 0.3) is 0 Å². The number of morpholine rings is 1. The number of hydrogen-bond donors (Lipinski definition) is 0. The summed E-state index contributed by atoms with van der Waals surface area (Å²) in [4.78, 5) is 2.37. The minimum atomic E-state index is 0.163. The molecule has 1 saturated heterocycles. The molecule has 0 N–H and O–H groups in total. The number of rotatable bonds is 6. The van der Waals surface area contributed by atoms with E-state index in [1.165, 1.54) is 0 Å². The van der Waals surface area contributed by atoms with E-state index < -0.39 is 0 Å². The van der Waals surface area contributed by atoms with Crippen molar-refractivity contribution in [1.29, 1.82) is 0 Å². The lowest BCUT2D eigenvalue weighted by Crippen LogP contribution is -2.42. The summed E-state index contributed by atoms with van der Waals surface area (Å²) >= 11 is 5.86. The molecular weight excluding hydrogens is 262 g/mol. The van der Waals surface area contributed by atoms with Gasteiger partial charge in [-0.1, -0.05) is 13.8 Å². The number of alkyl halides is 1. The molecule has 1 aromatic rings. The maximum Gasteiger partial charge on any atom is 0.0837 e. The highest BCUT2D eigenvalue weighted by atomic mass is 35.5. The number of halogens is 1. The highest BCUT2D eigenvalue weighted by Gasteiger charge is 2.20. The summed E-state index contributed by atoms with van der Waals surface area (Å²) in [6.45, 7) is 7.95. The Morgan fingerprint density at radius 2 is 2.26 bits per heavy atom. The van der Waals surface area contributed by atoms with Gasteiger partial charge in [-0.05, 0) is 18.9 Å². The fraction of sp³-hybridized carbons (Fsp3) is 0.786. The Labute approximate surface area is 120 Å². The predicted molar refractivity (Wildman–Crippen MR) is 77.6 cm³/mol. The third-order valence-corrected chi connectivity index (χ3v) is 4.11. The van der Waals surface area contributed by atoms with E-state index in [1.807, 2.05) is 0 Å². The zero-order chi connectivity index (χ0) is 13.7. The molecule has 1 atom stereocenters. The molecule has 1 aliphatic rings. The SMILES string of the molecule is CCC(CC)n1ccc(CN2CCOC(CCl)C2)n1. The Morgan fingerprint density at radius 1 is 1.47 bits per heavy atom. The van der Waals surface area contributed by atoms with Gasteiger partial charge in [-0.3, -0.25) is 9.58 Å². The summed E-state index contributed by atoms with van der Waals surface area (Å²) in [5, 5.41) is 4.70. The maximum atomic E-state index is 5.86. The summed E-state index contributed by atoms with van der Waals surface area (Å²) in [6, 6.07) is 2.65. The van der Waals surface area contributed by atoms with Crippen molar-refractivity contribution in [2.75, 3.05) is 25.6 Å². The average Bonchev–Trinajstić information content (AvgIpc) is 2.89. The van der Waals surface area contributed by atoms with E-state index in [1.54, 1.807) is 0 Å². The summed E-state index contributed by atoms with van der Waals surface area (Å²) in [5.74, 6) is 0.568.